The number of rotatable bonds is 5. The molecule has 4 aromatic rings. The number of aromatic amines is 1. The lowest BCUT2D eigenvalue weighted by Gasteiger charge is -2.03. The second kappa shape index (κ2) is 7.25. The summed E-state index contributed by atoms with van der Waals surface area (Å²) in [5, 5.41) is 6.65. The van der Waals surface area contributed by atoms with E-state index < -0.39 is 0 Å². The summed E-state index contributed by atoms with van der Waals surface area (Å²) < 4.78 is 18.9. The summed E-state index contributed by atoms with van der Waals surface area (Å²) in [6.45, 7) is 0.395. The molecule has 0 unspecified atom stereocenters. The summed E-state index contributed by atoms with van der Waals surface area (Å²) in [6.07, 6.45) is 6.53. The fourth-order valence-corrected chi connectivity index (χ4v) is 2.74. The largest absolute Gasteiger partial charge is 0.356 e. The number of nitrogens with zero attached hydrogens (tertiary/aromatic N) is 2. The minimum absolute atomic E-state index is 0.245. The quantitative estimate of drug-likeness (QED) is 0.566. The molecule has 7 heteroatoms. The van der Waals surface area contributed by atoms with E-state index in [1.54, 1.807) is 36.8 Å². The first-order valence-corrected chi connectivity index (χ1v) is 8.27. The molecule has 3 heterocycles. The molecule has 3 aromatic heterocycles. The molecule has 1 aromatic carbocycles. The van der Waals surface area contributed by atoms with Crippen LogP contribution in [0, 0.1) is 5.82 Å². The van der Waals surface area contributed by atoms with Gasteiger partial charge in [-0.3, -0.25) is 9.78 Å². The van der Waals surface area contributed by atoms with Crippen molar-refractivity contribution in [3.05, 3.63) is 84.3 Å². The Bertz CT molecular complexity index is 1070. The van der Waals surface area contributed by atoms with Gasteiger partial charge in [0, 0.05) is 36.3 Å². The van der Waals surface area contributed by atoms with Gasteiger partial charge in [0.05, 0.1) is 6.20 Å². The van der Waals surface area contributed by atoms with Crippen molar-refractivity contribution < 1.29 is 13.7 Å². The molecule has 0 spiro atoms. The molecule has 0 saturated carbocycles. The van der Waals surface area contributed by atoms with Crippen molar-refractivity contribution in [1.82, 2.24) is 20.4 Å². The average Bonchev–Trinajstić information content (AvgIpc) is 3.36. The first kappa shape index (κ1) is 16.7. The number of pyridine rings is 1. The third-order valence-electron chi connectivity index (χ3n) is 4.10. The summed E-state index contributed by atoms with van der Waals surface area (Å²) in [4.78, 5) is 19.2. The maximum Gasteiger partial charge on any atom is 0.267 e. The van der Waals surface area contributed by atoms with Crippen LogP contribution in [0.5, 0.6) is 0 Å². The predicted molar refractivity (Wildman–Crippen MR) is 97.1 cm³/mol. The fraction of sp³-hybridized carbons (Fsp3) is 0.0500. The Morgan fingerprint density at radius 1 is 1.15 bits per heavy atom. The lowest BCUT2D eigenvalue weighted by molar-refractivity contribution is 0.0946. The zero-order valence-corrected chi connectivity index (χ0v) is 14.1. The molecule has 4 rings (SSSR count). The second-order valence-corrected chi connectivity index (χ2v) is 5.92. The molecule has 0 radical (unpaired) electrons. The van der Waals surface area contributed by atoms with E-state index in [4.69, 9.17) is 4.52 Å². The Hall–Kier alpha value is -3.74. The van der Waals surface area contributed by atoms with Gasteiger partial charge in [-0.15, -0.1) is 0 Å². The van der Waals surface area contributed by atoms with Crippen LogP contribution in [0.25, 0.3) is 22.5 Å². The van der Waals surface area contributed by atoms with Gasteiger partial charge >= 0.3 is 0 Å². The molecule has 1 amide bonds. The highest BCUT2D eigenvalue weighted by Gasteiger charge is 2.17. The van der Waals surface area contributed by atoms with Gasteiger partial charge in [-0.05, 0) is 41.5 Å². The van der Waals surface area contributed by atoms with E-state index in [1.165, 1.54) is 18.3 Å². The van der Waals surface area contributed by atoms with Gasteiger partial charge in [0.15, 0.2) is 5.76 Å². The van der Waals surface area contributed by atoms with Crippen LogP contribution < -0.4 is 5.32 Å². The summed E-state index contributed by atoms with van der Waals surface area (Å²) >= 11 is 0. The molecule has 0 aliphatic rings. The third kappa shape index (κ3) is 3.62. The second-order valence-electron chi connectivity index (χ2n) is 5.92. The molecule has 0 fully saturated rings. The van der Waals surface area contributed by atoms with Crippen molar-refractivity contribution in [2.24, 2.45) is 0 Å². The summed E-state index contributed by atoms with van der Waals surface area (Å²) in [5.41, 5.74) is 3.30. The molecule has 2 N–H and O–H groups in total. The van der Waals surface area contributed by atoms with E-state index in [0.717, 1.165) is 5.56 Å². The van der Waals surface area contributed by atoms with Crippen LogP contribution in [0.4, 0.5) is 4.39 Å². The molecular weight excluding hydrogens is 347 g/mol. The normalized spacial score (nSPS) is 10.7. The molecule has 27 heavy (non-hydrogen) atoms. The molecule has 0 aliphatic heterocycles. The van der Waals surface area contributed by atoms with E-state index in [9.17, 15) is 9.18 Å². The average molecular weight is 362 g/mol. The Morgan fingerprint density at radius 3 is 2.81 bits per heavy atom. The van der Waals surface area contributed by atoms with Gasteiger partial charge in [-0.1, -0.05) is 17.3 Å². The van der Waals surface area contributed by atoms with Crippen LogP contribution in [0.1, 0.15) is 16.1 Å². The number of nitrogens with one attached hydrogen (secondary N) is 2. The lowest BCUT2D eigenvalue weighted by Crippen LogP contribution is -2.22. The number of hydrogen-bond acceptors (Lipinski definition) is 4. The van der Waals surface area contributed by atoms with Crippen LogP contribution in [-0.2, 0) is 6.54 Å². The smallest absolute Gasteiger partial charge is 0.267 e. The first-order chi connectivity index (χ1) is 13.2. The number of benzene rings is 1. The molecule has 0 atom stereocenters. The zero-order valence-electron chi connectivity index (χ0n) is 14.1. The molecule has 134 valence electrons. The number of hydrogen-bond donors (Lipinski definition) is 2. The monoisotopic (exact) mass is 362 g/mol. The van der Waals surface area contributed by atoms with Crippen LogP contribution in [0.15, 0.2) is 71.8 Å². The zero-order chi connectivity index (χ0) is 18.6. The highest BCUT2D eigenvalue weighted by molar-refractivity contribution is 5.94. The Balaban J connectivity index is 1.53. The van der Waals surface area contributed by atoms with Gasteiger partial charge in [-0.25, -0.2) is 4.39 Å². The van der Waals surface area contributed by atoms with Crippen molar-refractivity contribution in [2.45, 2.75) is 6.54 Å². The molecule has 0 bridgehead atoms. The highest BCUT2D eigenvalue weighted by atomic mass is 19.1. The minimum atomic E-state index is -0.343. The summed E-state index contributed by atoms with van der Waals surface area (Å²) in [6, 6.07) is 11.5. The summed E-state index contributed by atoms with van der Waals surface area (Å²) in [7, 11) is 0. The van der Waals surface area contributed by atoms with Crippen molar-refractivity contribution >= 4 is 5.91 Å². The minimum Gasteiger partial charge on any atom is -0.356 e. The summed E-state index contributed by atoms with van der Waals surface area (Å²) in [5.74, 6) is -0.125. The lowest BCUT2D eigenvalue weighted by atomic mass is 10.0. The van der Waals surface area contributed by atoms with Crippen molar-refractivity contribution in [1.29, 1.82) is 0 Å². The molecular formula is C20H15FN4O2. The van der Waals surface area contributed by atoms with Gasteiger partial charge in [0.1, 0.15) is 11.5 Å². The Labute approximate surface area is 154 Å². The van der Waals surface area contributed by atoms with Gasteiger partial charge in [0.25, 0.3) is 5.91 Å². The maximum atomic E-state index is 13.5. The van der Waals surface area contributed by atoms with E-state index in [2.05, 4.69) is 20.4 Å². The van der Waals surface area contributed by atoms with Crippen molar-refractivity contribution in [3.8, 4) is 22.5 Å². The third-order valence-corrected chi connectivity index (χ3v) is 4.10. The van der Waals surface area contributed by atoms with E-state index in [-0.39, 0.29) is 11.7 Å². The van der Waals surface area contributed by atoms with E-state index in [0.29, 0.717) is 34.7 Å². The topological polar surface area (TPSA) is 83.8 Å². The predicted octanol–water partition coefficient (Wildman–Crippen LogP) is 3.80. The van der Waals surface area contributed by atoms with E-state index >= 15 is 0 Å². The molecule has 0 saturated heterocycles. The highest BCUT2D eigenvalue weighted by Crippen LogP contribution is 2.32. The van der Waals surface area contributed by atoms with Crippen LogP contribution in [-0.4, -0.2) is 21.0 Å². The first-order valence-electron chi connectivity index (χ1n) is 8.27. The van der Waals surface area contributed by atoms with Crippen LogP contribution in [0.2, 0.25) is 0 Å². The number of amides is 1. The van der Waals surface area contributed by atoms with Crippen LogP contribution in [0.3, 0.4) is 0 Å². The maximum absolute atomic E-state index is 13.5. The van der Waals surface area contributed by atoms with Gasteiger partial charge in [0.2, 0.25) is 0 Å². The standard InChI is InChI=1S/C20H15FN4O2/c21-16-3-1-2-14(8-16)17-12-25-27-19(17)15-9-18(23-11-15)20(26)24-10-13-4-6-22-7-5-13/h1-9,11-12,23H,10H2,(H,24,26). The van der Waals surface area contributed by atoms with Crippen molar-refractivity contribution in [2.75, 3.05) is 0 Å². The number of aromatic nitrogens is 3. The number of carbonyl (C=O) groups is 1. The Morgan fingerprint density at radius 2 is 2.00 bits per heavy atom. The van der Waals surface area contributed by atoms with Gasteiger partial charge in [-0.2, -0.15) is 0 Å². The fourth-order valence-electron chi connectivity index (χ4n) is 2.74. The van der Waals surface area contributed by atoms with Crippen molar-refractivity contribution in [3.63, 3.8) is 0 Å². The SMILES string of the molecule is O=C(NCc1ccncc1)c1cc(-c2oncc2-c2cccc(F)c2)c[nH]1. The van der Waals surface area contributed by atoms with E-state index in [1.807, 2.05) is 12.1 Å². The van der Waals surface area contributed by atoms with Gasteiger partial charge < -0.3 is 14.8 Å². The number of carbonyl (C=O) groups excluding carboxylic acids is 1. The molecule has 6 nitrogen and oxygen atoms in total. The van der Waals surface area contributed by atoms with Crippen LogP contribution >= 0.6 is 0 Å². The molecule has 0 aliphatic carbocycles. The number of halogens is 1. The Kier molecular flexibility index (Phi) is 4.49. The number of H-pyrrole nitrogens is 1.